The van der Waals surface area contributed by atoms with E-state index >= 15 is 0 Å². The topological polar surface area (TPSA) is 36.9 Å². The second-order valence-electron chi connectivity index (χ2n) is 13.8. The van der Waals surface area contributed by atoms with Gasteiger partial charge in [-0.3, -0.25) is 0 Å². The van der Waals surface area contributed by atoms with Gasteiger partial charge in [-0.2, -0.15) is 79.0 Å². The molecule has 0 heterocycles. The lowest BCUT2D eigenvalue weighted by atomic mass is 9.72. The molecular weight excluding hydrogens is 874 g/mol. The Hall–Kier alpha value is -4.86. The molecule has 22 heteroatoms. The molecule has 2 aliphatic rings. The van der Waals surface area contributed by atoms with Gasteiger partial charge in [0, 0.05) is 14.2 Å². The van der Waals surface area contributed by atoms with Gasteiger partial charge in [0.05, 0.1) is 0 Å². The summed E-state index contributed by atoms with van der Waals surface area (Å²) in [7, 11) is 0.494. The van der Waals surface area contributed by atoms with Crippen LogP contribution in [0.25, 0.3) is 11.1 Å². The van der Waals surface area contributed by atoms with E-state index in [1.165, 1.54) is 19.1 Å². The largest absolute Gasteiger partial charge is 0.448 e. The first kappa shape index (κ1) is 47.2. The van der Waals surface area contributed by atoms with Gasteiger partial charge < -0.3 is 18.9 Å². The quantitative estimate of drug-likeness (QED) is 0.157. The lowest BCUT2D eigenvalue weighted by molar-refractivity contribution is -0.538. The van der Waals surface area contributed by atoms with Gasteiger partial charge in [0.25, 0.3) is 0 Å². The fourth-order valence-electron chi connectivity index (χ4n) is 6.61. The average Bonchev–Trinajstić information content (AvgIpc) is 3.17. The molecule has 0 aromatic heterocycles. The van der Waals surface area contributed by atoms with Crippen molar-refractivity contribution in [1.82, 2.24) is 0 Å². The van der Waals surface area contributed by atoms with Crippen LogP contribution in [0.15, 0.2) is 97.1 Å². The number of aryl methyl sites for hydroxylation is 2. The maximum Gasteiger partial charge on any atom is 0.411 e. The van der Waals surface area contributed by atoms with Crippen LogP contribution in [0.3, 0.4) is 0 Å². The monoisotopic (exact) mass is 902 g/mol. The minimum atomic E-state index is -5.99. The maximum absolute atomic E-state index is 14.6. The fourth-order valence-corrected chi connectivity index (χ4v) is 6.61. The number of alkyl halides is 18. The molecule has 61 heavy (non-hydrogen) atoms. The number of rotatable bonds is 9. The number of benzene rings is 4. The minimum Gasteiger partial charge on any atom is -0.448 e. The lowest BCUT2D eigenvalue weighted by Crippen LogP contribution is -2.88. The van der Waals surface area contributed by atoms with E-state index in [0.717, 1.165) is 35.4 Å². The SMILES string of the molecule is COC1(F)C(F)(F)C(F)(F)C1(F)Oc1ccc(-c2ccc(C)cc2)cc1.COC1(F)C(F)(F)C(F)(F)C1(F)Oc1ccc(C(c2ccc(C)cc2)(C(F)(F)F)C(F)(F)F)cc1. The van der Waals surface area contributed by atoms with Crippen LogP contribution in [0.1, 0.15) is 22.3 Å². The minimum absolute atomic E-state index is 0.126. The van der Waals surface area contributed by atoms with Gasteiger partial charge in [0.2, 0.25) is 5.41 Å². The van der Waals surface area contributed by atoms with Gasteiger partial charge in [-0.25, -0.2) is 0 Å². The van der Waals surface area contributed by atoms with E-state index in [9.17, 15) is 79.0 Å². The number of halogens is 18. The Morgan fingerprint density at radius 1 is 0.361 bits per heavy atom. The van der Waals surface area contributed by atoms with Crippen molar-refractivity contribution in [2.24, 2.45) is 0 Å². The molecule has 0 spiro atoms. The zero-order valence-electron chi connectivity index (χ0n) is 31.2. The van der Waals surface area contributed by atoms with Gasteiger partial charge in [0.1, 0.15) is 11.5 Å². The molecular formula is C39H28F18O4. The van der Waals surface area contributed by atoms with E-state index in [1.54, 1.807) is 12.1 Å². The van der Waals surface area contributed by atoms with Crippen molar-refractivity contribution in [3.05, 3.63) is 119 Å². The molecule has 4 nitrogen and oxygen atoms in total. The second kappa shape index (κ2) is 14.6. The van der Waals surface area contributed by atoms with Gasteiger partial charge in [-0.05, 0) is 60.4 Å². The van der Waals surface area contributed by atoms with Crippen molar-refractivity contribution in [1.29, 1.82) is 0 Å². The Morgan fingerprint density at radius 3 is 0.902 bits per heavy atom. The Bertz CT molecular complexity index is 2180. The van der Waals surface area contributed by atoms with Gasteiger partial charge in [0.15, 0.2) is 0 Å². The summed E-state index contributed by atoms with van der Waals surface area (Å²) >= 11 is 0. The van der Waals surface area contributed by atoms with Crippen LogP contribution < -0.4 is 9.47 Å². The zero-order valence-corrected chi connectivity index (χ0v) is 31.2. The van der Waals surface area contributed by atoms with E-state index < -0.39 is 87.5 Å². The highest BCUT2D eigenvalue weighted by Gasteiger charge is 3.03. The average molecular weight is 903 g/mol. The van der Waals surface area contributed by atoms with Crippen LogP contribution in [0.4, 0.5) is 79.0 Å². The molecule has 6 rings (SSSR count). The van der Waals surface area contributed by atoms with Gasteiger partial charge >= 0.3 is 59.5 Å². The van der Waals surface area contributed by atoms with E-state index in [0.29, 0.717) is 30.4 Å². The highest BCUT2D eigenvalue weighted by atomic mass is 19.4. The van der Waals surface area contributed by atoms with E-state index in [4.69, 9.17) is 0 Å². The predicted molar refractivity (Wildman–Crippen MR) is 178 cm³/mol. The van der Waals surface area contributed by atoms with Gasteiger partial charge in [-0.1, -0.05) is 83.9 Å². The molecule has 4 aromatic carbocycles. The molecule has 2 fully saturated rings. The van der Waals surface area contributed by atoms with E-state index in [2.05, 4.69) is 18.9 Å². The normalized spacial score (nSPS) is 27.4. The summed E-state index contributed by atoms with van der Waals surface area (Å²) in [5, 5.41) is 0. The molecule has 0 aliphatic heterocycles. The van der Waals surface area contributed by atoms with Crippen molar-refractivity contribution in [3.63, 3.8) is 0 Å². The predicted octanol–water partition coefficient (Wildman–Crippen LogP) is 12.3. The highest BCUT2D eigenvalue weighted by Crippen LogP contribution is 2.69. The smallest absolute Gasteiger partial charge is 0.411 e. The molecule has 0 amide bonds. The molecule has 0 saturated heterocycles. The molecule has 0 bridgehead atoms. The molecule has 0 N–H and O–H groups in total. The maximum atomic E-state index is 14.6. The second-order valence-corrected chi connectivity index (χ2v) is 13.8. The van der Waals surface area contributed by atoms with Crippen LogP contribution in [0, 0.1) is 13.8 Å². The third-order valence-corrected chi connectivity index (χ3v) is 10.2. The lowest BCUT2D eigenvalue weighted by Gasteiger charge is -2.55. The Kier molecular flexibility index (Phi) is 11.3. The molecule has 2 aliphatic carbocycles. The third-order valence-electron chi connectivity index (χ3n) is 10.2. The standard InChI is InChI=1S/C21H14F12O2.C18H14F6O2/c1-11-3-5-12(6-4-11)15(20(28,29)30,21(31,32)33)13-7-9-14(10-8-13)35-19(27)17(24,25)16(22,23)18(19,26)34-2;1-11-3-5-12(6-4-11)13-7-9-14(10-8-13)26-18(24)16(21,22)15(19,20)17(18,23)25-2/h3-10H,1-2H3;3-10H,1-2H3. The molecule has 4 aromatic rings. The van der Waals surface area contributed by atoms with Crippen LogP contribution in [-0.2, 0) is 14.9 Å². The van der Waals surface area contributed by atoms with E-state index in [-0.39, 0.29) is 31.4 Å². The first-order valence-electron chi connectivity index (χ1n) is 17.0. The number of hydrogen-bond acceptors (Lipinski definition) is 4. The Balaban J connectivity index is 0.000000241. The van der Waals surface area contributed by atoms with Crippen molar-refractivity contribution in [2.45, 2.75) is 78.7 Å². The first-order chi connectivity index (χ1) is 27.7. The van der Waals surface area contributed by atoms with Crippen molar-refractivity contribution < 1.29 is 98.0 Å². The van der Waals surface area contributed by atoms with Gasteiger partial charge in [-0.15, -0.1) is 0 Å². The van der Waals surface area contributed by atoms with E-state index in [1.807, 2.05) is 19.1 Å². The molecule has 4 unspecified atom stereocenters. The summed E-state index contributed by atoms with van der Waals surface area (Å²) in [6.07, 6.45) is -12.0. The highest BCUT2D eigenvalue weighted by molar-refractivity contribution is 5.64. The van der Waals surface area contributed by atoms with Crippen molar-refractivity contribution in [3.8, 4) is 22.6 Å². The Labute approximate surface area is 333 Å². The van der Waals surface area contributed by atoms with Crippen molar-refractivity contribution >= 4 is 0 Å². The summed E-state index contributed by atoms with van der Waals surface area (Å²) in [5.41, 5.74) is -4.54. The molecule has 2 saturated carbocycles. The molecule has 4 atom stereocenters. The number of methoxy groups -OCH3 is 2. The molecule has 0 radical (unpaired) electrons. The van der Waals surface area contributed by atoms with Crippen LogP contribution in [0.2, 0.25) is 0 Å². The summed E-state index contributed by atoms with van der Waals surface area (Å²) in [6.45, 7) is 3.31. The van der Waals surface area contributed by atoms with Crippen LogP contribution in [-0.4, -0.2) is 73.7 Å². The third kappa shape index (κ3) is 6.31. The summed E-state index contributed by atoms with van der Waals surface area (Å²) in [5.74, 6) is -43.5. The summed E-state index contributed by atoms with van der Waals surface area (Å²) < 4.78 is 265. The molecule has 334 valence electrons. The number of hydrogen-bond donors (Lipinski definition) is 0. The zero-order chi connectivity index (χ0) is 46.3. The Morgan fingerprint density at radius 2 is 0.607 bits per heavy atom. The number of ether oxygens (including phenoxy) is 4. The van der Waals surface area contributed by atoms with Crippen LogP contribution >= 0.6 is 0 Å². The van der Waals surface area contributed by atoms with Crippen molar-refractivity contribution in [2.75, 3.05) is 14.2 Å². The first-order valence-corrected chi connectivity index (χ1v) is 17.0. The van der Waals surface area contributed by atoms with Crippen LogP contribution in [0.5, 0.6) is 11.5 Å². The summed E-state index contributed by atoms with van der Waals surface area (Å²) in [4.78, 5) is 0. The fraction of sp³-hybridized carbons (Fsp3) is 0.385. The summed E-state index contributed by atoms with van der Waals surface area (Å²) in [6, 6.07) is 16.1.